The first kappa shape index (κ1) is 24.3. The van der Waals surface area contributed by atoms with Crippen molar-refractivity contribution in [3.8, 4) is 5.69 Å². The number of hydrogen-bond acceptors (Lipinski definition) is 4. The fourth-order valence-corrected chi connectivity index (χ4v) is 5.92. The Morgan fingerprint density at radius 3 is 2.60 bits per heavy atom. The van der Waals surface area contributed by atoms with Gasteiger partial charge >= 0.3 is 0 Å². The van der Waals surface area contributed by atoms with Crippen molar-refractivity contribution < 1.29 is 4.74 Å². The van der Waals surface area contributed by atoms with E-state index in [1.165, 1.54) is 11.3 Å². The monoisotopic (exact) mass is 509 g/mol. The Bertz CT molecular complexity index is 1180. The molecule has 1 N–H and O–H groups in total. The highest BCUT2D eigenvalue weighted by molar-refractivity contribution is 7.80. The molecule has 2 aromatic heterocycles. The molecule has 2 atom stereocenters. The van der Waals surface area contributed by atoms with Gasteiger partial charge in [0.2, 0.25) is 0 Å². The number of halogens is 1. The molecule has 2 fully saturated rings. The van der Waals surface area contributed by atoms with Crippen LogP contribution in [0.25, 0.3) is 5.69 Å². The smallest absolute Gasteiger partial charge is 0.170 e. The maximum Gasteiger partial charge on any atom is 0.170 e. The summed E-state index contributed by atoms with van der Waals surface area (Å²) in [6.45, 7) is 9.88. The lowest BCUT2D eigenvalue weighted by Gasteiger charge is -2.30. The van der Waals surface area contributed by atoms with Crippen LogP contribution in [0.2, 0.25) is 5.02 Å². The van der Waals surface area contributed by atoms with Gasteiger partial charge in [-0.2, -0.15) is 0 Å². The van der Waals surface area contributed by atoms with Crippen molar-refractivity contribution in [2.45, 2.75) is 32.4 Å². The highest BCUT2D eigenvalue weighted by atomic mass is 35.5. The van der Waals surface area contributed by atoms with E-state index < -0.39 is 0 Å². The molecule has 6 nitrogen and oxygen atoms in total. The second-order valence-corrected chi connectivity index (χ2v) is 10.0. The van der Waals surface area contributed by atoms with Crippen LogP contribution in [0, 0.1) is 13.8 Å². The van der Waals surface area contributed by atoms with Crippen molar-refractivity contribution in [1.82, 2.24) is 24.7 Å². The van der Waals surface area contributed by atoms with Gasteiger partial charge in [-0.3, -0.25) is 9.88 Å². The summed E-state index contributed by atoms with van der Waals surface area (Å²) in [5.74, 6) is 0. The quantitative estimate of drug-likeness (QED) is 0.460. The lowest BCUT2D eigenvalue weighted by Crippen LogP contribution is -2.39. The third-order valence-corrected chi connectivity index (χ3v) is 7.73. The predicted octanol–water partition coefficient (Wildman–Crippen LogP) is 4.84. The molecule has 1 aromatic carbocycles. The molecule has 5 rings (SSSR count). The number of aryl methyl sites for hydroxylation is 1. The number of pyridine rings is 1. The third-order valence-electron chi connectivity index (χ3n) is 7.06. The summed E-state index contributed by atoms with van der Waals surface area (Å²) in [5.41, 5.74) is 5.56. The van der Waals surface area contributed by atoms with E-state index in [1.807, 2.05) is 36.5 Å². The first-order valence-corrected chi connectivity index (χ1v) is 13.0. The van der Waals surface area contributed by atoms with E-state index >= 15 is 0 Å². The minimum Gasteiger partial charge on any atom is -0.379 e. The van der Waals surface area contributed by atoms with E-state index in [2.05, 4.69) is 51.7 Å². The van der Waals surface area contributed by atoms with Crippen molar-refractivity contribution in [3.63, 3.8) is 0 Å². The average molecular weight is 510 g/mol. The molecular weight excluding hydrogens is 478 g/mol. The Kier molecular flexibility index (Phi) is 7.39. The van der Waals surface area contributed by atoms with E-state index in [4.69, 9.17) is 33.5 Å². The summed E-state index contributed by atoms with van der Waals surface area (Å²) in [6, 6.07) is 16.4. The minimum atomic E-state index is -0.0210. The standard InChI is InChI=1S/C27H32ClN5OS/c1-19-18-21(20(2)33(19)24-10-4-3-8-22(24)28)26-25(23-9-5-6-11-29-23)30-27(35)32(26)13-7-12-31-14-16-34-17-15-31/h3-6,8-11,18,25-26H,7,12-17H2,1-2H3,(H,30,35)/t25-,26-/m0/s1. The Morgan fingerprint density at radius 1 is 1.09 bits per heavy atom. The molecule has 0 bridgehead atoms. The molecule has 4 heterocycles. The van der Waals surface area contributed by atoms with E-state index in [-0.39, 0.29) is 12.1 Å². The number of nitrogens with zero attached hydrogens (tertiary/aromatic N) is 4. The number of morpholine rings is 1. The van der Waals surface area contributed by atoms with Gasteiger partial charge in [0.1, 0.15) is 0 Å². The Labute approximate surface area is 217 Å². The largest absolute Gasteiger partial charge is 0.379 e. The van der Waals surface area contributed by atoms with E-state index in [1.54, 1.807) is 0 Å². The molecule has 0 unspecified atom stereocenters. The summed E-state index contributed by atoms with van der Waals surface area (Å²) in [6.07, 6.45) is 2.89. The Balaban J connectivity index is 1.48. The zero-order valence-corrected chi connectivity index (χ0v) is 21.9. The van der Waals surface area contributed by atoms with Crippen LogP contribution in [-0.4, -0.2) is 63.9 Å². The van der Waals surface area contributed by atoms with Crippen molar-refractivity contribution in [2.75, 3.05) is 39.4 Å². The Morgan fingerprint density at radius 2 is 1.86 bits per heavy atom. The maximum atomic E-state index is 6.60. The molecule has 2 saturated heterocycles. The van der Waals surface area contributed by atoms with Gasteiger partial charge in [0, 0.05) is 43.8 Å². The molecule has 0 amide bonds. The van der Waals surface area contributed by atoms with Crippen LogP contribution in [0.5, 0.6) is 0 Å². The molecule has 184 valence electrons. The third kappa shape index (κ3) is 4.96. The SMILES string of the molecule is Cc1cc([C@H]2[C@H](c3ccccn3)NC(=S)N2CCCN2CCOCC2)c(C)n1-c1ccccc1Cl. The first-order chi connectivity index (χ1) is 17.0. The molecule has 2 aliphatic rings. The van der Waals surface area contributed by atoms with Gasteiger partial charge in [0.25, 0.3) is 0 Å². The molecular formula is C27H32ClN5OS. The number of rotatable bonds is 7. The maximum absolute atomic E-state index is 6.60. The fourth-order valence-electron chi connectivity index (χ4n) is 5.37. The lowest BCUT2D eigenvalue weighted by molar-refractivity contribution is 0.0365. The molecule has 0 radical (unpaired) electrons. The minimum absolute atomic E-state index is 0.0210. The molecule has 2 aliphatic heterocycles. The molecule has 0 spiro atoms. The molecule has 3 aromatic rings. The van der Waals surface area contributed by atoms with Gasteiger partial charge in [-0.05, 0) is 68.4 Å². The number of nitrogens with one attached hydrogen (secondary N) is 1. The highest BCUT2D eigenvalue weighted by Gasteiger charge is 2.41. The van der Waals surface area contributed by atoms with Crippen molar-refractivity contribution in [1.29, 1.82) is 0 Å². The van der Waals surface area contributed by atoms with Crippen molar-refractivity contribution in [3.05, 3.63) is 82.4 Å². The van der Waals surface area contributed by atoms with Crippen LogP contribution in [0.3, 0.4) is 0 Å². The van der Waals surface area contributed by atoms with E-state index in [9.17, 15) is 0 Å². The van der Waals surface area contributed by atoms with E-state index in [0.29, 0.717) is 0 Å². The molecule has 8 heteroatoms. The fraction of sp³-hybridized carbons (Fsp3) is 0.407. The van der Waals surface area contributed by atoms with Crippen molar-refractivity contribution >= 4 is 28.9 Å². The number of para-hydroxylation sites is 1. The van der Waals surface area contributed by atoms with Gasteiger partial charge in [-0.25, -0.2) is 0 Å². The second-order valence-electron chi connectivity index (χ2n) is 9.24. The average Bonchev–Trinajstić information content (AvgIpc) is 3.35. The number of aromatic nitrogens is 2. The van der Waals surface area contributed by atoms with E-state index in [0.717, 1.165) is 73.0 Å². The highest BCUT2D eigenvalue weighted by Crippen LogP contribution is 2.41. The van der Waals surface area contributed by atoms with Gasteiger partial charge in [0.15, 0.2) is 5.11 Å². The summed E-state index contributed by atoms with van der Waals surface area (Å²) in [7, 11) is 0. The van der Waals surface area contributed by atoms with Crippen molar-refractivity contribution in [2.24, 2.45) is 0 Å². The summed E-state index contributed by atoms with van der Waals surface area (Å²) in [4.78, 5) is 9.52. The molecule has 35 heavy (non-hydrogen) atoms. The van der Waals surface area contributed by atoms with Gasteiger partial charge in [0.05, 0.1) is 41.7 Å². The topological polar surface area (TPSA) is 45.6 Å². The van der Waals surface area contributed by atoms with Crippen LogP contribution in [-0.2, 0) is 4.74 Å². The predicted molar refractivity (Wildman–Crippen MR) is 144 cm³/mol. The van der Waals surface area contributed by atoms with Crippen LogP contribution in [0.1, 0.15) is 41.1 Å². The molecule has 0 saturated carbocycles. The number of thiocarbonyl (C=S) groups is 1. The summed E-state index contributed by atoms with van der Waals surface area (Å²) in [5, 5.41) is 5.12. The first-order valence-electron chi connectivity index (χ1n) is 12.3. The zero-order valence-electron chi connectivity index (χ0n) is 20.3. The number of ether oxygens (including phenoxy) is 1. The van der Waals surface area contributed by atoms with Gasteiger partial charge in [-0.15, -0.1) is 0 Å². The van der Waals surface area contributed by atoms with Crippen LogP contribution < -0.4 is 5.32 Å². The summed E-state index contributed by atoms with van der Waals surface area (Å²) >= 11 is 12.5. The van der Waals surface area contributed by atoms with Gasteiger partial charge in [-0.1, -0.05) is 29.8 Å². The second kappa shape index (κ2) is 10.7. The van der Waals surface area contributed by atoms with Crippen LogP contribution in [0.15, 0.2) is 54.7 Å². The zero-order chi connectivity index (χ0) is 24.4. The summed E-state index contributed by atoms with van der Waals surface area (Å²) < 4.78 is 7.75. The van der Waals surface area contributed by atoms with Crippen LogP contribution >= 0.6 is 23.8 Å². The Hall–Kier alpha value is -2.45. The molecule has 0 aliphatic carbocycles. The number of benzene rings is 1. The lowest BCUT2D eigenvalue weighted by atomic mass is 9.96. The van der Waals surface area contributed by atoms with Crippen LogP contribution in [0.4, 0.5) is 0 Å². The van der Waals surface area contributed by atoms with Gasteiger partial charge < -0.3 is 19.5 Å². The normalized spacial score (nSPS) is 20.9. The number of hydrogen-bond donors (Lipinski definition) is 1.